The number of hydrogen-bond acceptors (Lipinski definition) is 6. The number of piperazine rings is 1. The van der Waals surface area contributed by atoms with Crippen molar-refractivity contribution in [3.05, 3.63) is 29.1 Å². The summed E-state index contributed by atoms with van der Waals surface area (Å²) in [6.45, 7) is 5.11. The molecule has 1 fully saturated rings. The Morgan fingerprint density at radius 3 is 2.52 bits per heavy atom. The van der Waals surface area contributed by atoms with Crippen LogP contribution in [0.2, 0.25) is 0 Å². The fraction of sp³-hybridized carbons (Fsp3) is 0.611. The molecule has 1 aliphatic carbocycles. The van der Waals surface area contributed by atoms with E-state index in [1.54, 1.807) is 0 Å². The maximum atomic E-state index is 4.70. The van der Waals surface area contributed by atoms with E-state index in [1.165, 1.54) is 29.8 Å². The van der Waals surface area contributed by atoms with Crippen LogP contribution in [0.1, 0.15) is 23.4 Å². The van der Waals surface area contributed by atoms with Gasteiger partial charge in [0.15, 0.2) is 11.6 Å². The summed E-state index contributed by atoms with van der Waals surface area (Å²) in [5, 5.41) is 13.4. The van der Waals surface area contributed by atoms with Gasteiger partial charge >= 0.3 is 0 Å². The Morgan fingerprint density at radius 1 is 1.04 bits per heavy atom. The molecular formula is C18H27N7. The highest BCUT2D eigenvalue weighted by Crippen LogP contribution is 2.26. The highest BCUT2D eigenvalue weighted by Gasteiger charge is 2.24. The molecule has 2 aromatic heterocycles. The molecule has 4 rings (SSSR count). The molecule has 0 bridgehead atoms. The Labute approximate surface area is 149 Å². The zero-order chi connectivity index (χ0) is 17.4. The first-order valence-corrected chi connectivity index (χ1v) is 9.14. The lowest BCUT2D eigenvalue weighted by Gasteiger charge is -2.35. The Balaban J connectivity index is 1.37. The Kier molecular flexibility index (Phi) is 4.33. The van der Waals surface area contributed by atoms with Crippen molar-refractivity contribution in [2.75, 3.05) is 50.1 Å². The van der Waals surface area contributed by atoms with Crippen LogP contribution in [0.5, 0.6) is 0 Å². The maximum Gasteiger partial charge on any atom is 0.151 e. The molecule has 0 saturated carbocycles. The monoisotopic (exact) mass is 341 g/mol. The summed E-state index contributed by atoms with van der Waals surface area (Å²) in [7, 11) is 6.06. The van der Waals surface area contributed by atoms with Crippen molar-refractivity contribution >= 4 is 11.6 Å². The maximum absolute atomic E-state index is 4.70. The molecule has 2 aromatic rings. The molecule has 7 nitrogen and oxygen atoms in total. The molecule has 0 atom stereocenters. The normalized spacial score (nSPS) is 17.8. The average Bonchev–Trinajstić information content (AvgIpc) is 3.18. The minimum Gasteiger partial charge on any atom is -0.361 e. The van der Waals surface area contributed by atoms with Crippen LogP contribution in [0.4, 0.5) is 11.6 Å². The molecule has 1 aliphatic heterocycles. The van der Waals surface area contributed by atoms with Crippen molar-refractivity contribution in [2.45, 2.75) is 25.8 Å². The fourth-order valence-corrected chi connectivity index (χ4v) is 3.86. The third-order valence-corrected chi connectivity index (χ3v) is 5.36. The highest BCUT2D eigenvalue weighted by molar-refractivity contribution is 5.44. The molecule has 0 N–H and O–H groups in total. The van der Waals surface area contributed by atoms with Crippen LogP contribution in [0.15, 0.2) is 12.1 Å². The van der Waals surface area contributed by atoms with Gasteiger partial charge in [-0.3, -0.25) is 9.58 Å². The van der Waals surface area contributed by atoms with Crippen LogP contribution >= 0.6 is 0 Å². The molecular weight excluding hydrogens is 314 g/mol. The predicted molar refractivity (Wildman–Crippen MR) is 99.1 cm³/mol. The standard InChI is InChI=1S/C18H27N7/c1-22(2)17-7-8-18(20-19-17)25-11-9-24(10-12-25)13-16-14-5-4-6-15(14)21-23(16)3/h7-8H,4-6,9-13H2,1-3H3. The van der Waals surface area contributed by atoms with E-state index in [0.29, 0.717) is 0 Å². The molecule has 25 heavy (non-hydrogen) atoms. The second-order valence-electron chi connectivity index (χ2n) is 7.26. The van der Waals surface area contributed by atoms with Crippen LogP contribution in [0, 0.1) is 0 Å². The second-order valence-corrected chi connectivity index (χ2v) is 7.26. The number of aryl methyl sites for hydroxylation is 2. The number of rotatable bonds is 4. The van der Waals surface area contributed by atoms with Crippen molar-refractivity contribution in [1.29, 1.82) is 0 Å². The van der Waals surface area contributed by atoms with Gasteiger partial charge < -0.3 is 9.80 Å². The molecule has 1 saturated heterocycles. The van der Waals surface area contributed by atoms with Gasteiger partial charge in [0.2, 0.25) is 0 Å². The molecule has 0 amide bonds. The SMILES string of the molecule is CN(C)c1ccc(N2CCN(Cc3c4c(nn3C)CCC4)CC2)nn1. The topological polar surface area (TPSA) is 53.3 Å². The fourth-order valence-electron chi connectivity index (χ4n) is 3.86. The molecule has 0 spiro atoms. The van der Waals surface area contributed by atoms with Gasteiger partial charge in [0.05, 0.1) is 11.4 Å². The largest absolute Gasteiger partial charge is 0.361 e. The molecule has 134 valence electrons. The van der Waals surface area contributed by atoms with Gasteiger partial charge in [0, 0.05) is 53.9 Å². The lowest BCUT2D eigenvalue weighted by Crippen LogP contribution is -2.46. The summed E-state index contributed by atoms with van der Waals surface area (Å²) >= 11 is 0. The van der Waals surface area contributed by atoms with Crippen LogP contribution in [-0.2, 0) is 26.4 Å². The number of nitrogens with zero attached hydrogens (tertiary/aromatic N) is 7. The minimum absolute atomic E-state index is 0.896. The summed E-state index contributed by atoms with van der Waals surface area (Å²) in [4.78, 5) is 6.84. The first kappa shape index (κ1) is 16.3. The summed E-state index contributed by atoms with van der Waals surface area (Å²) in [6, 6.07) is 4.11. The third kappa shape index (κ3) is 3.20. The Hall–Kier alpha value is -2.15. The Morgan fingerprint density at radius 2 is 1.84 bits per heavy atom. The summed E-state index contributed by atoms with van der Waals surface area (Å²) in [5.41, 5.74) is 4.25. The zero-order valence-electron chi connectivity index (χ0n) is 15.4. The lowest BCUT2D eigenvalue weighted by atomic mass is 10.2. The summed E-state index contributed by atoms with van der Waals surface area (Å²) < 4.78 is 2.10. The van der Waals surface area contributed by atoms with Gasteiger partial charge in [-0.05, 0) is 37.0 Å². The molecule has 7 heteroatoms. The Bertz CT molecular complexity index is 727. The van der Waals surface area contributed by atoms with E-state index in [0.717, 1.165) is 50.8 Å². The van der Waals surface area contributed by atoms with Crippen LogP contribution in [0.25, 0.3) is 0 Å². The molecule has 2 aliphatic rings. The quantitative estimate of drug-likeness (QED) is 0.830. The van der Waals surface area contributed by atoms with Gasteiger partial charge in [0.1, 0.15) is 0 Å². The van der Waals surface area contributed by atoms with Gasteiger partial charge in [-0.25, -0.2) is 0 Å². The van der Waals surface area contributed by atoms with Crippen LogP contribution < -0.4 is 9.80 Å². The zero-order valence-corrected chi connectivity index (χ0v) is 15.4. The van der Waals surface area contributed by atoms with Crippen molar-refractivity contribution in [1.82, 2.24) is 24.9 Å². The van der Waals surface area contributed by atoms with E-state index in [4.69, 9.17) is 5.10 Å². The van der Waals surface area contributed by atoms with Crippen molar-refractivity contribution in [3.8, 4) is 0 Å². The molecule has 3 heterocycles. The number of aromatic nitrogens is 4. The minimum atomic E-state index is 0.896. The predicted octanol–water partition coefficient (Wildman–Crippen LogP) is 1.09. The highest BCUT2D eigenvalue weighted by atomic mass is 15.3. The average molecular weight is 341 g/mol. The van der Waals surface area contributed by atoms with Gasteiger partial charge in [-0.1, -0.05) is 0 Å². The lowest BCUT2D eigenvalue weighted by molar-refractivity contribution is 0.242. The smallest absolute Gasteiger partial charge is 0.151 e. The number of anilines is 2. The first-order valence-electron chi connectivity index (χ1n) is 9.14. The van der Waals surface area contributed by atoms with E-state index in [-0.39, 0.29) is 0 Å². The van der Waals surface area contributed by atoms with Crippen molar-refractivity contribution < 1.29 is 0 Å². The van der Waals surface area contributed by atoms with E-state index in [1.807, 2.05) is 25.1 Å². The number of fused-ring (bicyclic) bond motifs is 1. The first-order chi connectivity index (χ1) is 12.1. The molecule has 0 unspecified atom stereocenters. The number of hydrogen-bond donors (Lipinski definition) is 0. The van der Waals surface area contributed by atoms with E-state index in [2.05, 4.69) is 37.8 Å². The van der Waals surface area contributed by atoms with Crippen molar-refractivity contribution in [2.24, 2.45) is 7.05 Å². The van der Waals surface area contributed by atoms with Gasteiger partial charge in [-0.2, -0.15) is 5.10 Å². The molecule has 0 radical (unpaired) electrons. The van der Waals surface area contributed by atoms with Crippen molar-refractivity contribution in [3.63, 3.8) is 0 Å². The van der Waals surface area contributed by atoms with E-state index in [9.17, 15) is 0 Å². The third-order valence-electron chi connectivity index (χ3n) is 5.36. The van der Waals surface area contributed by atoms with Crippen LogP contribution in [-0.4, -0.2) is 65.2 Å². The van der Waals surface area contributed by atoms with Gasteiger partial charge in [0.25, 0.3) is 0 Å². The van der Waals surface area contributed by atoms with E-state index >= 15 is 0 Å². The van der Waals surface area contributed by atoms with E-state index < -0.39 is 0 Å². The van der Waals surface area contributed by atoms with Gasteiger partial charge in [-0.15, -0.1) is 10.2 Å². The van der Waals surface area contributed by atoms with Crippen LogP contribution in [0.3, 0.4) is 0 Å². The second kappa shape index (κ2) is 6.63. The summed E-state index contributed by atoms with van der Waals surface area (Å²) in [6.07, 6.45) is 3.62. The summed E-state index contributed by atoms with van der Waals surface area (Å²) in [5.74, 6) is 1.87. The molecule has 0 aromatic carbocycles.